The summed E-state index contributed by atoms with van der Waals surface area (Å²) < 4.78 is 27.9. The molecule has 0 aliphatic rings. The van der Waals surface area contributed by atoms with E-state index >= 15 is 0 Å². The summed E-state index contributed by atoms with van der Waals surface area (Å²) in [6.07, 6.45) is 1.30. The Bertz CT molecular complexity index is 612. The van der Waals surface area contributed by atoms with Crippen molar-refractivity contribution in [2.24, 2.45) is 0 Å². The number of hydrogen-bond donors (Lipinski definition) is 1. The number of hydrogen-bond acceptors (Lipinski definition) is 2. The largest absolute Gasteiger partial charge is 0.355 e. The van der Waals surface area contributed by atoms with Gasteiger partial charge >= 0.3 is 0 Å². The van der Waals surface area contributed by atoms with Gasteiger partial charge in [-0.3, -0.25) is 4.79 Å². The van der Waals surface area contributed by atoms with Crippen molar-refractivity contribution in [3.05, 3.63) is 46.2 Å². The highest BCUT2D eigenvalue weighted by Gasteiger charge is 2.17. The van der Waals surface area contributed by atoms with Crippen LogP contribution >= 0.6 is 15.9 Å². The van der Waals surface area contributed by atoms with Crippen molar-refractivity contribution in [2.45, 2.75) is 0 Å². The number of rotatable bonds is 2. The first-order valence-electron chi connectivity index (χ1n) is 4.95. The van der Waals surface area contributed by atoms with Crippen molar-refractivity contribution in [2.75, 3.05) is 7.05 Å². The molecule has 0 saturated heterocycles. The lowest BCUT2D eigenvalue weighted by Crippen LogP contribution is -2.17. The number of amides is 1. The van der Waals surface area contributed by atoms with Gasteiger partial charge in [0.15, 0.2) is 5.82 Å². The van der Waals surface area contributed by atoms with E-state index < -0.39 is 11.6 Å². The topological polar surface area (TPSA) is 46.9 Å². The first kappa shape index (κ1) is 12.7. The fraction of sp³-hybridized carbons (Fsp3) is 0.0909. The average Bonchev–Trinajstić information content (AvgIpc) is 2.70. The lowest BCUT2D eigenvalue weighted by atomic mass is 10.3. The van der Waals surface area contributed by atoms with Crippen LogP contribution in [0.1, 0.15) is 10.4 Å². The average molecular weight is 316 g/mol. The van der Waals surface area contributed by atoms with Gasteiger partial charge in [0, 0.05) is 13.1 Å². The Hall–Kier alpha value is -1.76. The smallest absolute Gasteiger partial charge is 0.255 e. The van der Waals surface area contributed by atoms with Crippen LogP contribution in [-0.4, -0.2) is 22.7 Å². The van der Waals surface area contributed by atoms with E-state index in [1.807, 2.05) is 0 Å². The molecule has 7 heteroatoms. The van der Waals surface area contributed by atoms with Gasteiger partial charge in [-0.25, -0.2) is 13.5 Å². The van der Waals surface area contributed by atoms with E-state index in [1.165, 1.54) is 24.0 Å². The van der Waals surface area contributed by atoms with E-state index in [-0.39, 0.29) is 17.2 Å². The number of benzene rings is 1. The van der Waals surface area contributed by atoms with Gasteiger partial charge in [0.25, 0.3) is 5.91 Å². The molecule has 94 valence electrons. The molecule has 1 heterocycles. The summed E-state index contributed by atoms with van der Waals surface area (Å²) in [6.45, 7) is 0. The zero-order valence-electron chi connectivity index (χ0n) is 9.25. The van der Waals surface area contributed by atoms with Gasteiger partial charge in [-0.05, 0) is 28.1 Å². The predicted molar refractivity (Wildman–Crippen MR) is 64.6 cm³/mol. The summed E-state index contributed by atoms with van der Waals surface area (Å²) in [6, 6.07) is 3.12. The Kier molecular flexibility index (Phi) is 3.42. The summed E-state index contributed by atoms with van der Waals surface area (Å²) in [5.74, 6) is -1.79. The maximum atomic E-state index is 13.6. The second-order valence-electron chi connectivity index (χ2n) is 3.44. The highest BCUT2D eigenvalue weighted by molar-refractivity contribution is 9.10. The van der Waals surface area contributed by atoms with Crippen LogP contribution in [0, 0.1) is 11.6 Å². The molecule has 2 rings (SSSR count). The second kappa shape index (κ2) is 4.85. The number of carbonyl (C=O) groups excluding carboxylic acids is 1. The van der Waals surface area contributed by atoms with Gasteiger partial charge in [0.1, 0.15) is 16.1 Å². The van der Waals surface area contributed by atoms with Crippen molar-refractivity contribution < 1.29 is 13.6 Å². The minimum atomic E-state index is -0.762. The molecule has 0 spiro atoms. The molecule has 1 aromatic carbocycles. The van der Waals surface area contributed by atoms with Crippen molar-refractivity contribution in [3.8, 4) is 5.69 Å². The molecular formula is C11H8BrF2N3O. The fourth-order valence-electron chi connectivity index (χ4n) is 1.44. The highest BCUT2D eigenvalue weighted by Crippen LogP contribution is 2.22. The normalized spacial score (nSPS) is 10.4. The van der Waals surface area contributed by atoms with Crippen LogP contribution in [0.2, 0.25) is 0 Å². The van der Waals surface area contributed by atoms with E-state index in [0.717, 1.165) is 12.1 Å². The Morgan fingerprint density at radius 3 is 2.78 bits per heavy atom. The Balaban J connectivity index is 2.52. The van der Waals surface area contributed by atoms with Gasteiger partial charge in [0.2, 0.25) is 0 Å². The zero-order valence-corrected chi connectivity index (χ0v) is 10.8. The minimum Gasteiger partial charge on any atom is -0.355 e. The van der Waals surface area contributed by atoms with Crippen molar-refractivity contribution in [1.82, 2.24) is 15.1 Å². The molecule has 1 amide bonds. The maximum Gasteiger partial charge on any atom is 0.255 e. The Labute approximate surface area is 110 Å². The summed E-state index contributed by atoms with van der Waals surface area (Å²) in [4.78, 5) is 11.5. The third kappa shape index (κ3) is 2.13. The Morgan fingerprint density at radius 1 is 1.44 bits per heavy atom. The van der Waals surface area contributed by atoms with Crippen LogP contribution in [0.15, 0.2) is 29.0 Å². The summed E-state index contributed by atoms with van der Waals surface area (Å²) >= 11 is 3.16. The van der Waals surface area contributed by atoms with E-state index in [4.69, 9.17) is 0 Å². The SMILES string of the molecule is CNC(=O)c1cnn(-c2ccc(F)cc2F)c1Br. The molecule has 0 fully saturated rings. The van der Waals surface area contributed by atoms with Gasteiger partial charge in [0.05, 0.1) is 11.8 Å². The van der Waals surface area contributed by atoms with E-state index in [2.05, 4.69) is 26.3 Å². The zero-order chi connectivity index (χ0) is 13.3. The quantitative estimate of drug-likeness (QED) is 0.924. The molecular weight excluding hydrogens is 308 g/mol. The van der Waals surface area contributed by atoms with Crippen LogP contribution < -0.4 is 5.32 Å². The molecule has 1 aromatic heterocycles. The highest BCUT2D eigenvalue weighted by atomic mass is 79.9. The molecule has 0 saturated carbocycles. The number of nitrogens with one attached hydrogen (secondary N) is 1. The first-order valence-corrected chi connectivity index (χ1v) is 5.75. The van der Waals surface area contributed by atoms with Crippen LogP contribution in [0.25, 0.3) is 5.69 Å². The summed E-state index contributed by atoms with van der Waals surface area (Å²) in [5.41, 5.74) is 0.319. The van der Waals surface area contributed by atoms with Gasteiger partial charge in [-0.1, -0.05) is 0 Å². The molecule has 0 aliphatic carbocycles. The van der Waals surface area contributed by atoms with Gasteiger partial charge in [-0.15, -0.1) is 0 Å². The van der Waals surface area contributed by atoms with Crippen LogP contribution in [0.3, 0.4) is 0 Å². The van der Waals surface area contributed by atoms with E-state index in [0.29, 0.717) is 4.60 Å². The lowest BCUT2D eigenvalue weighted by molar-refractivity contribution is 0.0962. The third-order valence-corrected chi connectivity index (χ3v) is 3.08. The summed E-state index contributed by atoms with van der Waals surface area (Å²) in [5, 5.41) is 6.33. The minimum absolute atomic E-state index is 0.0541. The van der Waals surface area contributed by atoms with E-state index in [9.17, 15) is 13.6 Å². The molecule has 0 unspecified atom stereocenters. The number of halogens is 3. The molecule has 0 atom stereocenters. The molecule has 4 nitrogen and oxygen atoms in total. The molecule has 0 radical (unpaired) electrons. The molecule has 18 heavy (non-hydrogen) atoms. The molecule has 2 aromatic rings. The fourth-order valence-corrected chi connectivity index (χ4v) is 2.01. The van der Waals surface area contributed by atoms with Crippen molar-refractivity contribution in [3.63, 3.8) is 0 Å². The van der Waals surface area contributed by atoms with Gasteiger partial charge in [-0.2, -0.15) is 5.10 Å². The Morgan fingerprint density at radius 2 is 2.17 bits per heavy atom. The van der Waals surface area contributed by atoms with Crippen LogP contribution in [0.4, 0.5) is 8.78 Å². The maximum absolute atomic E-state index is 13.6. The number of nitrogens with zero attached hydrogens (tertiary/aromatic N) is 2. The summed E-state index contributed by atoms with van der Waals surface area (Å²) in [7, 11) is 1.48. The molecule has 0 aliphatic heterocycles. The van der Waals surface area contributed by atoms with E-state index in [1.54, 1.807) is 0 Å². The van der Waals surface area contributed by atoms with Gasteiger partial charge < -0.3 is 5.32 Å². The monoisotopic (exact) mass is 315 g/mol. The number of carbonyl (C=O) groups is 1. The predicted octanol–water partition coefficient (Wildman–Crippen LogP) is 2.27. The molecule has 1 N–H and O–H groups in total. The second-order valence-corrected chi connectivity index (χ2v) is 4.19. The molecule has 0 bridgehead atoms. The van der Waals surface area contributed by atoms with Crippen molar-refractivity contribution >= 4 is 21.8 Å². The lowest BCUT2D eigenvalue weighted by Gasteiger charge is -2.05. The van der Waals surface area contributed by atoms with Crippen molar-refractivity contribution in [1.29, 1.82) is 0 Å². The standard InChI is InChI=1S/C11H8BrF2N3O/c1-15-11(18)7-5-16-17(10(7)12)9-3-2-6(13)4-8(9)14/h2-5H,1H3,(H,15,18). The van der Waals surface area contributed by atoms with Crippen LogP contribution in [0.5, 0.6) is 0 Å². The first-order chi connectivity index (χ1) is 8.54. The van der Waals surface area contributed by atoms with Crippen LogP contribution in [-0.2, 0) is 0 Å². The number of aromatic nitrogens is 2. The third-order valence-electron chi connectivity index (χ3n) is 2.32.